The van der Waals surface area contributed by atoms with Crippen molar-refractivity contribution >= 4 is 12.2 Å². The lowest BCUT2D eigenvalue weighted by atomic mass is 9.97. The van der Waals surface area contributed by atoms with Gasteiger partial charge in [0.1, 0.15) is 0 Å². The number of benzene rings is 1. The van der Waals surface area contributed by atoms with E-state index in [1.54, 1.807) is 6.08 Å². The summed E-state index contributed by atoms with van der Waals surface area (Å²) >= 11 is 0. The minimum Gasteiger partial charge on any atom is -0.211 e. The molecule has 0 bridgehead atoms. The molecule has 0 aromatic heterocycles. The second kappa shape index (κ2) is 2.66. The molecule has 2 nitrogen and oxygen atoms in total. The first-order valence-electron chi connectivity index (χ1n) is 4.76. The Labute approximate surface area is 82.0 Å². The van der Waals surface area contributed by atoms with Crippen LogP contribution >= 0.6 is 0 Å². The molecule has 14 heavy (non-hydrogen) atoms. The number of hydrogen-bond donors (Lipinski definition) is 0. The topological polar surface area (TPSA) is 29.4 Å². The van der Waals surface area contributed by atoms with E-state index < -0.39 is 0 Å². The maximum absolute atomic E-state index is 10.2. The van der Waals surface area contributed by atoms with E-state index in [4.69, 9.17) is 0 Å². The van der Waals surface area contributed by atoms with E-state index in [2.05, 4.69) is 29.3 Å². The van der Waals surface area contributed by atoms with Crippen molar-refractivity contribution in [3.8, 4) is 0 Å². The van der Waals surface area contributed by atoms with Gasteiger partial charge in [-0.3, -0.25) is 0 Å². The Hall–Kier alpha value is -1.66. The lowest BCUT2D eigenvalue weighted by Crippen LogP contribution is -1.91. The molecule has 0 saturated heterocycles. The van der Waals surface area contributed by atoms with Gasteiger partial charge in [-0.2, -0.15) is 0 Å². The van der Waals surface area contributed by atoms with Crippen LogP contribution in [0, 0.1) is 5.92 Å². The summed E-state index contributed by atoms with van der Waals surface area (Å²) < 4.78 is 0. The van der Waals surface area contributed by atoms with Crippen molar-refractivity contribution in [3.05, 3.63) is 41.5 Å². The SMILES string of the molecule is O=C=N[C@@H]1[C@@H]2C=Cc3ccccc3[C@@H]21. The van der Waals surface area contributed by atoms with E-state index in [9.17, 15) is 4.79 Å². The average Bonchev–Trinajstić information content (AvgIpc) is 2.93. The molecule has 0 aliphatic heterocycles. The van der Waals surface area contributed by atoms with Gasteiger partial charge in [-0.15, -0.1) is 0 Å². The zero-order valence-electron chi connectivity index (χ0n) is 7.55. The first kappa shape index (κ1) is 7.72. The van der Waals surface area contributed by atoms with Crippen LogP contribution < -0.4 is 0 Å². The van der Waals surface area contributed by atoms with Gasteiger partial charge in [-0.25, -0.2) is 9.79 Å². The van der Waals surface area contributed by atoms with Crippen molar-refractivity contribution in [2.45, 2.75) is 12.0 Å². The fraction of sp³-hybridized carbons (Fsp3) is 0.250. The molecule has 0 unspecified atom stereocenters. The standard InChI is InChI=1S/C12H9NO/c14-7-13-12-10-6-5-8-3-1-2-4-9(8)11(10)12/h1-6,10-12H/t10-,11+,12-/m1/s1. The molecule has 3 atom stereocenters. The second-order valence-electron chi connectivity index (χ2n) is 3.80. The number of fused-ring (bicyclic) bond motifs is 3. The Balaban J connectivity index is 2.06. The summed E-state index contributed by atoms with van der Waals surface area (Å²) in [5.41, 5.74) is 2.58. The maximum Gasteiger partial charge on any atom is 0.235 e. The van der Waals surface area contributed by atoms with Gasteiger partial charge in [-0.1, -0.05) is 36.4 Å². The molecule has 0 radical (unpaired) electrons. The van der Waals surface area contributed by atoms with E-state index >= 15 is 0 Å². The number of rotatable bonds is 1. The predicted molar refractivity (Wildman–Crippen MR) is 53.6 cm³/mol. The minimum atomic E-state index is 0.146. The van der Waals surface area contributed by atoms with Gasteiger partial charge >= 0.3 is 0 Å². The molecule has 0 spiro atoms. The minimum absolute atomic E-state index is 0.146. The predicted octanol–water partition coefficient (Wildman–Crippen LogP) is 2.13. The van der Waals surface area contributed by atoms with Crippen LogP contribution in [-0.2, 0) is 4.79 Å². The van der Waals surface area contributed by atoms with Gasteiger partial charge < -0.3 is 0 Å². The third-order valence-electron chi connectivity index (χ3n) is 3.09. The largest absolute Gasteiger partial charge is 0.235 e. The molecule has 1 aromatic carbocycles. The van der Waals surface area contributed by atoms with Gasteiger partial charge in [0.15, 0.2) is 0 Å². The van der Waals surface area contributed by atoms with Gasteiger partial charge in [0.2, 0.25) is 6.08 Å². The van der Waals surface area contributed by atoms with Crippen LogP contribution in [0.5, 0.6) is 0 Å². The van der Waals surface area contributed by atoms with Crippen molar-refractivity contribution in [1.82, 2.24) is 0 Å². The van der Waals surface area contributed by atoms with Gasteiger partial charge in [0.05, 0.1) is 6.04 Å². The Morgan fingerprint density at radius 2 is 2.14 bits per heavy atom. The fourth-order valence-electron chi connectivity index (χ4n) is 2.35. The number of aliphatic imine (C=N–C) groups is 1. The Morgan fingerprint density at radius 3 is 3.00 bits per heavy atom. The highest BCUT2D eigenvalue weighted by molar-refractivity contribution is 5.63. The number of carbonyl (C=O) groups excluding carboxylic acids is 1. The summed E-state index contributed by atoms with van der Waals surface area (Å²) in [5.74, 6) is 0.865. The molecule has 2 aliphatic rings. The van der Waals surface area contributed by atoms with Crippen LogP contribution in [0.25, 0.3) is 6.08 Å². The average molecular weight is 183 g/mol. The van der Waals surface area contributed by atoms with Crippen LogP contribution in [0.4, 0.5) is 0 Å². The highest BCUT2D eigenvalue weighted by Crippen LogP contribution is 2.54. The molecular formula is C12H9NO. The normalized spacial score (nSPS) is 31.3. The van der Waals surface area contributed by atoms with Crippen LogP contribution in [-0.4, -0.2) is 12.1 Å². The molecule has 2 aliphatic carbocycles. The Morgan fingerprint density at radius 1 is 1.29 bits per heavy atom. The van der Waals surface area contributed by atoms with Crippen molar-refractivity contribution < 1.29 is 4.79 Å². The number of nitrogens with zero attached hydrogens (tertiary/aromatic N) is 1. The fourth-order valence-corrected chi connectivity index (χ4v) is 2.35. The lowest BCUT2D eigenvalue weighted by molar-refractivity contribution is 0.562. The molecule has 1 saturated carbocycles. The monoisotopic (exact) mass is 183 g/mol. The van der Waals surface area contributed by atoms with Crippen LogP contribution in [0.15, 0.2) is 35.3 Å². The van der Waals surface area contributed by atoms with E-state index in [0.717, 1.165) is 0 Å². The maximum atomic E-state index is 10.2. The Bertz CT molecular complexity index is 457. The summed E-state index contributed by atoms with van der Waals surface area (Å²) in [4.78, 5) is 14.0. The molecule has 0 amide bonds. The van der Waals surface area contributed by atoms with E-state index in [-0.39, 0.29) is 6.04 Å². The van der Waals surface area contributed by atoms with Gasteiger partial charge in [0, 0.05) is 11.8 Å². The molecule has 68 valence electrons. The second-order valence-corrected chi connectivity index (χ2v) is 3.80. The van der Waals surface area contributed by atoms with Crippen molar-refractivity contribution in [2.24, 2.45) is 10.9 Å². The summed E-state index contributed by atoms with van der Waals surface area (Å²) in [6.07, 6.45) is 5.93. The number of hydrogen-bond acceptors (Lipinski definition) is 2. The smallest absolute Gasteiger partial charge is 0.211 e. The molecule has 0 heterocycles. The van der Waals surface area contributed by atoms with E-state index in [1.165, 1.54) is 11.1 Å². The molecular weight excluding hydrogens is 174 g/mol. The quantitative estimate of drug-likeness (QED) is 0.484. The summed E-state index contributed by atoms with van der Waals surface area (Å²) in [6.45, 7) is 0. The lowest BCUT2D eigenvalue weighted by Gasteiger charge is -2.07. The van der Waals surface area contributed by atoms with Crippen molar-refractivity contribution in [1.29, 1.82) is 0 Å². The highest BCUT2D eigenvalue weighted by Gasteiger charge is 2.51. The molecule has 2 heteroatoms. The third-order valence-corrected chi connectivity index (χ3v) is 3.09. The Kier molecular flexibility index (Phi) is 1.47. The zero-order valence-corrected chi connectivity index (χ0v) is 7.55. The first-order valence-corrected chi connectivity index (χ1v) is 4.76. The van der Waals surface area contributed by atoms with E-state index in [1.807, 2.05) is 12.1 Å². The van der Waals surface area contributed by atoms with Crippen molar-refractivity contribution in [2.75, 3.05) is 0 Å². The van der Waals surface area contributed by atoms with Crippen LogP contribution in [0.3, 0.4) is 0 Å². The summed E-state index contributed by atoms with van der Waals surface area (Å²) in [5, 5.41) is 0. The molecule has 3 rings (SSSR count). The molecule has 1 fully saturated rings. The van der Waals surface area contributed by atoms with Gasteiger partial charge in [0.25, 0.3) is 0 Å². The summed E-state index contributed by atoms with van der Waals surface area (Å²) in [6, 6.07) is 8.44. The third kappa shape index (κ3) is 0.918. The van der Waals surface area contributed by atoms with Crippen LogP contribution in [0.2, 0.25) is 0 Å². The zero-order chi connectivity index (χ0) is 9.54. The highest BCUT2D eigenvalue weighted by atomic mass is 16.1. The van der Waals surface area contributed by atoms with Crippen molar-refractivity contribution in [3.63, 3.8) is 0 Å². The molecule has 0 N–H and O–H groups in total. The molecule has 1 aromatic rings. The number of isocyanates is 1. The van der Waals surface area contributed by atoms with Gasteiger partial charge in [-0.05, 0) is 11.1 Å². The van der Waals surface area contributed by atoms with E-state index in [0.29, 0.717) is 11.8 Å². The van der Waals surface area contributed by atoms with Crippen LogP contribution in [0.1, 0.15) is 17.0 Å². The summed E-state index contributed by atoms with van der Waals surface area (Å²) in [7, 11) is 0. The first-order chi connectivity index (χ1) is 6.92.